The van der Waals surface area contributed by atoms with Gasteiger partial charge in [0, 0.05) is 0 Å². The van der Waals surface area contributed by atoms with E-state index in [1.165, 1.54) is 0 Å². The molecule has 0 amide bonds. The normalized spacial score (nSPS) is 27.7. The molecule has 0 bridgehead atoms. The lowest BCUT2D eigenvalue weighted by molar-refractivity contribution is 0.0281. The van der Waals surface area contributed by atoms with Crippen LogP contribution < -0.4 is 0 Å². The molecule has 0 heterocycles. The van der Waals surface area contributed by atoms with Gasteiger partial charge < -0.3 is 4.74 Å². The molecule has 0 radical (unpaired) electrons. The number of hydrogen-bond acceptors (Lipinski definition) is 2. The van der Waals surface area contributed by atoms with Crippen LogP contribution in [0.15, 0.2) is 42.5 Å². The number of ether oxygens (including phenoxy) is 1. The van der Waals surface area contributed by atoms with E-state index < -0.39 is 12.0 Å². The van der Waals surface area contributed by atoms with Crippen molar-refractivity contribution in [2.45, 2.75) is 39.7 Å². The van der Waals surface area contributed by atoms with Crippen molar-refractivity contribution < 1.29 is 10.9 Å². The van der Waals surface area contributed by atoms with Crippen LogP contribution in [0.4, 0.5) is 0 Å². The Morgan fingerprint density at radius 1 is 1.32 bits per heavy atom. The topological polar surface area (TPSA) is 26.3 Å². The number of carbonyl (C=O) groups is 1. The smallest absolute Gasteiger partial charge is 0.338 e. The fourth-order valence-electron chi connectivity index (χ4n) is 2.25. The summed E-state index contributed by atoms with van der Waals surface area (Å²) in [5, 5.41) is 0. The molecule has 0 unspecified atom stereocenters. The average Bonchev–Trinajstić information content (AvgIpc) is 2.38. The molecule has 1 aliphatic rings. The molecular weight excluding hydrogens is 236 g/mol. The molecule has 19 heavy (non-hydrogen) atoms. The summed E-state index contributed by atoms with van der Waals surface area (Å²) >= 11 is 0. The summed E-state index contributed by atoms with van der Waals surface area (Å²) in [6, 6.07) is 8.85. The maximum Gasteiger partial charge on any atom is 0.338 e. The van der Waals surface area contributed by atoms with Crippen molar-refractivity contribution in [2.75, 3.05) is 0 Å². The number of hydrogen-bond donors (Lipinski definition) is 0. The van der Waals surface area contributed by atoms with Crippen LogP contribution in [0.3, 0.4) is 0 Å². The van der Waals surface area contributed by atoms with Crippen LogP contribution in [0.5, 0.6) is 0 Å². The molecule has 2 rings (SSSR count). The summed E-state index contributed by atoms with van der Waals surface area (Å²) in [5.41, 5.74) is 0.598. The summed E-state index contributed by atoms with van der Waals surface area (Å²) in [6.45, 7) is 6.49. The first-order chi connectivity index (χ1) is 9.30. The fraction of sp³-hybridized carbons (Fsp3) is 0.471. The van der Waals surface area contributed by atoms with Gasteiger partial charge in [0.1, 0.15) is 6.08 Å². The zero-order chi connectivity index (χ0) is 14.8. The molecule has 0 fully saturated rings. The van der Waals surface area contributed by atoms with Gasteiger partial charge in [-0.3, -0.25) is 0 Å². The van der Waals surface area contributed by atoms with Gasteiger partial charge in [-0.25, -0.2) is 4.79 Å². The SMILES string of the molecule is [2H][C@@]1(OC(=O)c2ccccc2)C=CC[C@@H](C(C)(C)C)C1. The molecule has 2 nitrogen and oxygen atoms in total. The first kappa shape index (κ1) is 12.5. The Morgan fingerprint density at radius 2 is 2.00 bits per heavy atom. The third-order valence-electron chi connectivity index (χ3n) is 3.63. The predicted molar refractivity (Wildman–Crippen MR) is 77.0 cm³/mol. The number of esters is 1. The highest BCUT2D eigenvalue weighted by Gasteiger charge is 2.29. The van der Waals surface area contributed by atoms with Crippen molar-refractivity contribution in [3.63, 3.8) is 0 Å². The first-order valence-corrected chi connectivity index (χ1v) is 6.76. The van der Waals surface area contributed by atoms with E-state index in [1.807, 2.05) is 12.1 Å². The van der Waals surface area contributed by atoms with Crippen LogP contribution in [0.1, 0.15) is 45.3 Å². The van der Waals surface area contributed by atoms with Crippen LogP contribution in [0, 0.1) is 11.3 Å². The number of carbonyl (C=O) groups excluding carboxylic acids is 1. The molecule has 0 aromatic heterocycles. The number of benzene rings is 1. The Bertz CT molecular complexity index is 501. The van der Waals surface area contributed by atoms with Crippen molar-refractivity contribution in [2.24, 2.45) is 11.3 Å². The van der Waals surface area contributed by atoms with E-state index in [9.17, 15) is 4.79 Å². The molecule has 0 saturated heterocycles. The Kier molecular flexibility index (Phi) is 3.67. The third kappa shape index (κ3) is 3.69. The Balaban J connectivity index is 2.10. The van der Waals surface area contributed by atoms with Crippen LogP contribution in [0.25, 0.3) is 0 Å². The largest absolute Gasteiger partial charge is 0.455 e. The van der Waals surface area contributed by atoms with Crippen LogP contribution in [-0.4, -0.2) is 12.0 Å². The molecule has 0 saturated carbocycles. The quantitative estimate of drug-likeness (QED) is 0.587. The third-order valence-corrected chi connectivity index (χ3v) is 3.63. The van der Waals surface area contributed by atoms with E-state index in [0.717, 1.165) is 6.42 Å². The molecule has 1 aromatic carbocycles. The van der Waals surface area contributed by atoms with Crippen molar-refractivity contribution in [1.29, 1.82) is 0 Å². The highest BCUT2D eigenvalue weighted by Crippen LogP contribution is 2.36. The Morgan fingerprint density at radius 3 is 2.63 bits per heavy atom. The van der Waals surface area contributed by atoms with Crippen molar-refractivity contribution in [1.82, 2.24) is 0 Å². The Hall–Kier alpha value is -1.57. The zero-order valence-electron chi connectivity index (χ0n) is 12.8. The second-order valence-corrected chi connectivity index (χ2v) is 6.13. The predicted octanol–water partition coefficient (Wildman–Crippen LogP) is 4.22. The van der Waals surface area contributed by atoms with E-state index in [0.29, 0.717) is 17.9 Å². The lowest BCUT2D eigenvalue weighted by atomic mass is 9.74. The highest BCUT2D eigenvalue weighted by atomic mass is 16.5. The molecule has 0 spiro atoms. The van der Waals surface area contributed by atoms with Gasteiger partial charge in [0.25, 0.3) is 0 Å². The molecule has 2 heteroatoms. The monoisotopic (exact) mass is 259 g/mol. The second kappa shape index (κ2) is 5.60. The Labute approximate surface area is 116 Å². The fourth-order valence-corrected chi connectivity index (χ4v) is 2.25. The van der Waals surface area contributed by atoms with Gasteiger partial charge in [0.2, 0.25) is 0 Å². The summed E-state index contributed by atoms with van der Waals surface area (Å²) in [7, 11) is 0. The van der Waals surface area contributed by atoms with E-state index >= 15 is 0 Å². The second-order valence-electron chi connectivity index (χ2n) is 6.13. The number of allylic oxidation sites excluding steroid dienone is 1. The van der Waals surface area contributed by atoms with Gasteiger partial charge in [-0.2, -0.15) is 0 Å². The van der Waals surface area contributed by atoms with Gasteiger partial charge in [0.15, 0.2) is 0 Å². The van der Waals surface area contributed by atoms with Gasteiger partial charge >= 0.3 is 5.97 Å². The van der Waals surface area contributed by atoms with Crippen molar-refractivity contribution >= 4 is 5.97 Å². The van der Waals surface area contributed by atoms with E-state index in [-0.39, 0.29) is 5.41 Å². The maximum atomic E-state index is 12.1. The lowest BCUT2D eigenvalue weighted by Gasteiger charge is -2.34. The lowest BCUT2D eigenvalue weighted by Crippen LogP contribution is -2.29. The van der Waals surface area contributed by atoms with E-state index in [1.54, 1.807) is 30.3 Å². The summed E-state index contributed by atoms with van der Waals surface area (Å²) in [5.74, 6) is -0.0895. The van der Waals surface area contributed by atoms with Crippen LogP contribution in [0.2, 0.25) is 0 Å². The van der Waals surface area contributed by atoms with E-state index in [2.05, 4.69) is 20.8 Å². The van der Waals surface area contributed by atoms with Gasteiger partial charge in [-0.15, -0.1) is 0 Å². The summed E-state index contributed by atoms with van der Waals surface area (Å²) in [6.07, 6.45) is 3.91. The average molecular weight is 259 g/mol. The zero-order valence-corrected chi connectivity index (χ0v) is 11.8. The number of rotatable bonds is 2. The molecular formula is C17H22O2. The summed E-state index contributed by atoms with van der Waals surface area (Å²) in [4.78, 5) is 12.1. The molecule has 2 atom stereocenters. The van der Waals surface area contributed by atoms with E-state index in [4.69, 9.17) is 6.11 Å². The van der Waals surface area contributed by atoms with Gasteiger partial charge in [-0.1, -0.05) is 45.0 Å². The minimum absolute atomic E-state index is 0.107. The minimum atomic E-state index is -1.25. The molecule has 0 N–H and O–H groups in total. The molecule has 102 valence electrons. The van der Waals surface area contributed by atoms with Crippen molar-refractivity contribution in [3.05, 3.63) is 48.0 Å². The highest BCUT2D eigenvalue weighted by molar-refractivity contribution is 5.89. The molecule has 1 aromatic rings. The van der Waals surface area contributed by atoms with Crippen molar-refractivity contribution in [3.8, 4) is 0 Å². The standard InChI is InChI=1S/C17H22O2/c1-17(2,3)14-10-7-11-15(12-14)19-16(18)13-8-5-4-6-9-13/h4-9,11,14-15H,10,12H2,1-3H3/t14-,15-/m1/s1/i15D. The van der Waals surface area contributed by atoms with Gasteiger partial charge in [-0.05, 0) is 42.4 Å². The minimum Gasteiger partial charge on any atom is -0.455 e. The first-order valence-electron chi connectivity index (χ1n) is 7.26. The van der Waals surface area contributed by atoms with Gasteiger partial charge in [0.05, 0.1) is 6.93 Å². The maximum absolute atomic E-state index is 12.1. The van der Waals surface area contributed by atoms with Crippen LogP contribution >= 0.6 is 0 Å². The molecule has 0 aliphatic heterocycles. The van der Waals surface area contributed by atoms with Crippen LogP contribution in [-0.2, 0) is 4.74 Å². The molecule has 1 aliphatic carbocycles. The summed E-state index contributed by atoms with van der Waals surface area (Å²) < 4.78 is 13.8.